The number of methoxy groups -OCH3 is 4. The topological polar surface area (TPSA) is 131 Å². The summed E-state index contributed by atoms with van der Waals surface area (Å²) < 4.78 is 26.3. The van der Waals surface area contributed by atoms with E-state index < -0.39 is 6.04 Å². The van der Waals surface area contributed by atoms with Crippen molar-refractivity contribution >= 4 is 23.1 Å². The maximum Gasteiger partial charge on any atom is 0.241 e. The lowest BCUT2D eigenvalue weighted by molar-refractivity contribution is -0.117. The molecule has 5 N–H and O–H groups in total. The molecule has 0 radical (unpaired) electrons. The van der Waals surface area contributed by atoms with Crippen LogP contribution in [-0.2, 0) is 4.79 Å². The zero-order valence-electron chi connectivity index (χ0n) is 20.4. The van der Waals surface area contributed by atoms with E-state index in [2.05, 4.69) is 9.69 Å². The summed E-state index contributed by atoms with van der Waals surface area (Å²) in [5.74, 6) is 1.88. The Bertz CT molecular complexity index is 1130. The molecule has 0 aliphatic rings. The number of nitrogens with one attached hydrogen (secondary N) is 1. The van der Waals surface area contributed by atoms with Crippen LogP contribution < -0.4 is 35.7 Å². The second kappa shape index (κ2) is 12.4. The first-order valence-electron chi connectivity index (χ1n) is 11.2. The number of amides is 1. The van der Waals surface area contributed by atoms with Gasteiger partial charge in [0.25, 0.3) is 0 Å². The van der Waals surface area contributed by atoms with Gasteiger partial charge in [-0.2, -0.15) is 4.37 Å². The lowest BCUT2D eigenvalue weighted by atomic mass is 10.0. The Morgan fingerprint density at radius 1 is 0.971 bits per heavy atom. The number of hydrogen-bond acceptors (Lipinski definition) is 9. The van der Waals surface area contributed by atoms with E-state index in [1.807, 2.05) is 30.3 Å². The molecule has 0 saturated heterocycles. The first kappa shape index (κ1) is 26.3. The molecule has 1 aromatic heterocycles. The fraction of sp³-hybridized carbons (Fsp3) is 0.360. The zero-order chi connectivity index (χ0) is 25.4. The van der Waals surface area contributed by atoms with Gasteiger partial charge in [0, 0.05) is 17.3 Å². The predicted molar refractivity (Wildman–Crippen MR) is 139 cm³/mol. The van der Waals surface area contributed by atoms with Gasteiger partial charge in [0.15, 0.2) is 11.5 Å². The molecular weight excluding hydrogens is 468 g/mol. The van der Waals surface area contributed by atoms with E-state index >= 15 is 0 Å². The predicted octanol–water partition coefficient (Wildman–Crippen LogP) is 3.91. The largest absolute Gasteiger partial charge is 0.495 e. The molecule has 3 aromatic rings. The summed E-state index contributed by atoms with van der Waals surface area (Å²) in [6, 6.07) is 8.71. The Labute approximate surface area is 209 Å². The molecule has 188 valence electrons. The maximum atomic E-state index is 12.7. The first-order chi connectivity index (χ1) is 17.0. The Hall–Kier alpha value is -3.34. The molecule has 1 amide bonds. The van der Waals surface area contributed by atoms with Gasteiger partial charge in [-0.25, -0.2) is 0 Å². The van der Waals surface area contributed by atoms with Crippen molar-refractivity contribution in [2.45, 2.75) is 25.3 Å². The van der Waals surface area contributed by atoms with Gasteiger partial charge in [-0.3, -0.25) is 4.79 Å². The smallest absolute Gasteiger partial charge is 0.241 e. The molecule has 1 heterocycles. The fourth-order valence-electron chi connectivity index (χ4n) is 3.70. The van der Waals surface area contributed by atoms with Gasteiger partial charge < -0.3 is 35.7 Å². The van der Waals surface area contributed by atoms with Crippen molar-refractivity contribution in [2.24, 2.45) is 11.5 Å². The highest BCUT2D eigenvalue weighted by molar-refractivity contribution is 7.10. The number of anilines is 1. The normalized spacial score (nSPS) is 11.6. The molecule has 1 atom stereocenters. The third-order valence-corrected chi connectivity index (χ3v) is 6.42. The quantitative estimate of drug-likeness (QED) is 0.319. The molecule has 0 aliphatic carbocycles. The van der Waals surface area contributed by atoms with Crippen LogP contribution in [0.4, 0.5) is 5.69 Å². The Balaban J connectivity index is 1.96. The first-order valence-corrected chi connectivity index (χ1v) is 11.9. The minimum Gasteiger partial charge on any atom is -0.495 e. The highest BCUT2D eigenvalue weighted by Crippen LogP contribution is 2.45. The van der Waals surface area contributed by atoms with Crippen LogP contribution in [0.5, 0.6) is 23.0 Å². The summed E-state index contributed by atoms with van der Waals surface area (Å²) in [7, 11) is 6.27. The molecule has 35 heavy (non-hydrogen) atoms. The van der Waals surface area contributed by atoms with Crippen LogP contribution in [0.15, 0.2) is 36.5 Å². The minimum atomic E-state index is -0.632. The molecule has 0 fully saturated rings. The van der Waals surface area contributed by atoms with E-state index in [-0.39, 0.29) is 5.91 Å². The highest BCUT2D eigenvalue weighted by Gasteiger charge is 2.20. The lowest BCUT2D eigenvalue weighted by Gasteiger charge is -2.16. The molecule has 10 heteroatoms. The van der Waals surface area contributed by atoms with E-state index in [9.17, 15) is 4.79 Å². The van der Waals surface area contributed by atoms with Crippen molar-refractivity contribution in [3.05, 3.63) is 36.5 Å². The number of benzene rings is 2. The van der Waals surface area contributed by atoms with E-state index in [4.69, 9.17) is 30.4 Å². The molecule has 0 spiro atoms. The molecule has 0 saturated carbocycles. The van der Waals surface area contributed by atoms with Crippen molar-refractivity contribution in [1.29, 1.82) is 0 Å². The maximum absolute atomic E-state index is 12.7. The Morgan fingerprint density at radius 3 is 2.26 bits per heavy atom. The number of ether oxygens (including phenoxy) is 4. The molecule has 0 bridgehead atoms. The summed E-state index contributed by atoms with van der Waals surface area (Å²) in [6.45, 7) is 0.577. The van der Waals surface area contributed by atoms with Gasteiger partial charge >= 0.3 is 0 Å². The van der Waals surface area contributed by atoms with Crippen molar-refractivity contribution in [3.63, 3.8) is 0 Å². The van der Waals surface area contributed by atoms with Crippen LogP contribution in [0.2, 0.25) is 0 Å². The number of nitrogens with zero attached hydrogens (tertiary/aromatic N) is 1. The van der Waals surface area contributed by atoms with E-state index in [1.54, 1.807) is 34.6 Å². The number of unbranched alkanes of at least 4 members (excludes halogenated alkanes) is 1. The van der Waals surface area contributed by atoms with Crippen LogP contribution in [0.1, 0.15) is 19.3 Å². The van der Waals surface area contributed by atoms with Crippen molar-refractivity contribution in [1.82, 2.24) is 4.37 Å². The average Bonchev–Trinajstić information content (AvgIpc) is 3.37. The summed E-state index contributed by atoms with van der Waals surface area (Å²) in [6.07, 6.45) is 3.97. The third-order valence-electron chi connectivity index (χ3n) is 5.57. The van der Waals surface area contributed by atoms with Crippen molar-refractivity contribution < 1.29 is 23.7 Å². The van der Waals surface area contributed by atoms with Crippen LogP contribution in [-0.4, -0.2) is 51.3 Å². The number of hydrogen-bond donors (Lipinski definition) is 3. The van der Waals surface area contributed by atoms with Crippen LogP contribution >= 0.6 is 11.5 Å². The third kappa shape index (κ3) is 6.02. The van der Waals surface area contributed by atoms with E-state index in [0.29, 0.717) is 41.7 Å². The second-order valence-electron chi connectivity index (χ2n) is 7.78. The Morgan fingerprint density at radius 2 is 1.66 bits per heavy atom. The van der Waals surface area contributed by atoms with Crippen LogP contribution in [0.25, 0.3) is 21.6 Å². The molecular formula is C25H32N4O5S. The molecule has 9 nitrogen and oxygen atoms in total. The summed E-state index contributed by atoms with van der Waals surface area (Å²) in [4.78, 5) is 13.6. The van der Waals surface area contributed by atoms with Crippen LogP contribution in [0, 0.1) is 0 Å². The molecule has 0 aliphatic heterocycles. The highest BCUT2D eigenvalue weighted by atomic mass is 32.1. The minimum absolute atomic E-state index is 0.272. The average molecular weight is 501 g/mol. The van der Waals surface area contributed by atoms with E-state index in [1.165, 1.54) is 11.5 Å². The molecule has 3 rings (SSSR count). The van der Waals surface area contributed by atoms with Gasteiger partial charge in [-0.05, 0) is 60.7 Å². The van der Waals surface area contributed by atoms with E-state index in [0.717, 1.165) is 34.4 Å². The fourth-order valence-corrected chi connectivity index (χ4v) is 4.46. The van der Waals surface area contributed by atoms with Crippen LogP contribution in [0.3, 0.4) is 0 Å². The van der Waals surface area contributed by atoms with Gasteiger partial charge in [0.2, 0.25) is 11.7 Å². The summed E-state index contributed by atoms with van der Waals surface area (Å²) in [5, 5.41) is 2.91. The zero-order valence-corrected chi connectivity index (χ0v) is 21.2. The number of carbonyl (C=O) groups excluding carboxylic acids is 1. The van der Waals surface area contributed by atoms with Gasteiger partial charge in [-0.15, -0.1) is 0 Å². The van der Waals surface area contributed by atoms with Gasteiger partial charge in [0.05, 0.1) is 45.0 Å². The monoisotopic (exact) mass is 500 g/mol. The Kier molecular flexibility index (Phi) is 9.30. The molecule has 2 aromatic carbocycles. The van der Waals surface area contributed by atoms with Gasteiger partial charge in [0.1, 0.15) is 5.75 Å². The summed E-state index contributed by atoms with van der Waals surface area (Å²) in [5.41, 5.74) is 14.7. The number of aromatic nitrogens is 1. The number of nitrogens with two attached hydrogens (primary N) is 2. The van der Waals surface area contributed by atoms with Crippen molar-refractivity contribution in [2.75, 3.05) is 40.3 Å². The lowest BCUT2D eigenvalue weighted by Crippen LogP contribution is -2.35. The van der Waals surface area contributed by atoms with Crippen molar-refractivity contribution in [3.8, 4) is 44.6 Å². The van der Waals surface area contributed by atoms with Gasteiger partial charge in [-0.1, -0.05) is 12.5 Å². The SMILES string of the molecule is COc1ccc(-c2cnsc2-c2cc(OC)c(OC)c(OC)c2)cc1NC(=O)C(N)CCCCN. The number of carbonyl (C=O) groups is 1. The number of rotatable bonds is 12. The standard InChI is InChI=1S/C25H32N4O5S/c1-31-20-9-8-15(11-19(20)29-25(30)18(27)7-5-6-10-26)17-14-28-35-24(17)16-12-21(32-2)23(34-4)22(13-16)33-3/h8-9,11-14,18H,5-7,10,26-27H2,1-4H3,(H,29,30). The second-order valence-corrected chi connectivity index (χ2v) is 8.58. The summed E-state index contributed by atoms with van der Waals surface area (Å²) >= 11 is 1.34. The molecule has 1 unspecified atom stereocenters.